The SMILES string of the molecule is CCOCc1nc2c(NC(=O)OC(C)(C)CCOC(C)(C)C)nc3ccccc3c2n1CC(C)(C)C. The van der Waals surface area contributed by atoms with Gasteiger partial charge < -0.3 is 18.8 Å². The average Bonchev–Trinajstić information content (AvgIpc) is 3.07. The lowest BCUT2D eigenvalue weighted by Gasteiger charge is -2.27. The van der Waals surface area contributed by atoms with E-state index >= 15 is 0 Å². The molecule has 0 saturated carbocycles. The van der Waals surface area contributed by atoms with Gasteiger partial charge in [-0.15, -0.1) is 0 Å². The van der Waals surface area contributed by atoms with Crippen molar-refractivity contribution in [2.24, 2.45) is 5.41 Å². The number of anilines is 1. The topological polar surface area (TPSA) is 87.5 Å². The van der Waals surface area contributed by atoms with Gasteiger partial charge in [-0.25, -0.2) is 14.8 Å². The van der Waals surface area contributed by atoms with E-state index in [9.17, 15) is 4.79 Å². The number of hydrogen-bond donors (Lipinski definition) is 1. The number of carbonyl (C=O) groups excluding carboxylic acids is 1. The van der Waals surface area contributed by atoms with Crippen LogP contribution in [-0.4, -0.2) is 45.0 Å². The molecule has 1 amide bonds. The van der Waals surface area contributed by atoms with Gasteiger partial charge in [0.25, 0.3) is 0 Å². The predicted molar refractivity (Wildman–Crippen MR) is 144 cm³/mol. The van der Waals surface area contributed by atoms with Crippen LogP contribution in [0, 0.1) is 5.41 Å². The Morgan fingerprint density at radius 3 is 2.36 bits per heavy atom. The van der Waals surface area contributed by atoms with Crippen LogP contribution in [0.25, 0.3) is 21.9 Å². The summed E-state index contributed by atoms with van der Waals surface area (Å²) < 4.78 is 19.5. The fourth-order valence-electron chi connectivity index (χ4n) is 3.94. The number of hydrogen-bond acceptors (Lipinski definition) is 6. The van der Waals surface area contributed by atoms with Gasteiger partial charge in [0.05, 0.1) is 23.2 Å². The van der Waals surface area contributed by atoms with Crippen molar-refractivity contribution >= 4 is 33.8 Å². The standard InChI is InChI=1S/C28H42N4O4/c1-10-34-17-21-30-22-23(32(21)18-26(2,3)4)19-13-11-12-14-20(19)29-24(22)31-25(33)36-28(8,9)15-16-35-27(5,6)7/h11-14H,10,15-18H2,1-9H3,(H,29,31,33). The molecule has 0 atom stereocenters. The summed E-state index contributed by atoms with van der Waals surface area (Å²) in [5.74, 6) is 1.18. The number of aromatic nitrogens is 3. The predicted octanol–water partition coefficient (Wildman–Crippen LogP) is 6.70. The van der Waals surface area contributed by atoms with Crippen molar-refractivity contribution in [2.75, 3.05) is 18.5 Å². The van der Waals surface area contributed by atoms with E-state index in [4.69, 9.17) is 24.2 Å². The number of nitrogens with zero attached hydrogens (tertiary/aromatic N) is 3. The van der Waals surface area contributed by atoms with Gasteiger partial charge in [0.1, 0.15) is 23.5 Å². The van der Waals surface area contributed by atoms with E-state index < -0.39 is 11.7 Å². The summed E-state index contributed by atoms with van der Waals surface area (Å²) in [5, 5.41) is 3.85. The molecule has 2 aromatic heterocycles. The zero-order valence-corrected chi connectivity index (χ0v) is 23.3. The maximum atomic E-state index is 13.0. The minimum atomic E-state index is -0.711. The Kier molecular flexibility index (Phi) is 8.30. The molecule has 8 heteroatoms. The van der Waals surface area contributed by atoms with Crippen molar-refractivity contribution in [3.63, 3.8) is 0 Å². The molecular weight excluding hydrogens is 456 g/mol. The third-order valence-corrected chi connectivity index (χ3v) is 5.56. The Balaban J connectivity index is 1.98. The first kappa shape index (κ1) is 27.9. The maximum Gasteiger partial charge on any atom is 0.413 e. The van der Waals surface area contributed by atoms with Crippen LogP contribution in [0.3, 0.4) is 0 Å². The molecule has 198 valence electrons. The van der Waals surface area contributed by atoms with Crippen LogP contribution in [0.1, 0.15) is 74.6 Å². The number of para-hydroxylation sites is 1. The van der Waals surface area contributed by atoms with E-state index in [1.54, 1.807) is 0 Å². The summed E-state index contributed by atoms with van der Waals surface area (Å²) in [6, 6.07) is 7.91. The Hall–Kier alpha value is -2.71. The first-order chi connectivity index (χ1) is 16.7. The summed E-state index contributed by atoms with van der Waals surface area (Å²) in [5.41, 5.74) is 1.37. The lowest BCUT2D eigenvalue weighted by Crippen LogP contribution is -2.33. The van der Waals surface area contributed by atoms with E-state index in [0.717, 1.165) is 28.8 Å². The van der Waals surface area contributed by atoms with Crippen LogP contribution < -0.4 is 5.32 Å². The van der Waals surface area contributed by atoms with Gasteiger partial charge in [-0.3, -0.25) is 5.32 Å². The highest BCUT2D eigenvalue weighted by molar-refractivity contribution is 6.09. The van der Waals surface area contributed by atoms with Gasteiger partial charge in [0, 0.05) is 25.0 Å². The number of fused-ring (bicyclic) bond motifs is 3. The molecule has 1 N–H and O–H groups in total. The molecule has 0 aliphatic heterocycles. The van der Waals surface area contributed by atoms with Crippen molar-refractivity contribution < 1.29 is 19.0 Å². The van der Waals surface area contributed by atoms with Gasteiger partial charge in [-0.05, 0) is 53.0 Å². The monoisotopic (exact) mass is 498 g/mol. The molecule has 0 fully saturated rings. The lowest BCUT2D eigenvalue weighted by atomic mass is 9.96. The first-order valence-corrected chi connectivity index (χ1v) is 12.7. The summed E-state index contributed by atoms with van der Waals surface area (Å²) in [4.78, 5) is 22.6. The Morgan fingerprint density at radius 1 is 1.03 bits per heavy atom. The van der Waals surface area contributed by atoms with Crippen LogP contribution in [0.2, 0.25) is 0 Å². The minimum Gasteiger partial charge on any atom is -0.443 e. The second-order valence-electron chi connectivity index (χ2n) is 12.0. The van der Waals surface area contributed by atoms with Crippen molar-refractivity contribution in [1.82, 2.24) is 14.5 Å². The smallest absolute Gasteiger partial charge is 0.413 e. The molecule has 0 unspecified atom stereocenters. The van der Waals surface area contributed by atoms with Gasteiger partial charge in [-0.2, -0.15) is 0 Å². The van der Waals surface area contributed by atoms with Crippen LogP contribution in [0.5, 0.6) is 0 Å². The molecule has 8 nitrogen and oxygen atoms in total. The number of benzene rings is 1. The molecule has 2 heterocycles. The number of rotatable bonds is 9. The van der Waals surface area contributed by atoms with E-state index in [0.29, 0.717) is 37.6 Å². The molecule has 0 aliphatic rings. The van der Waals surface area contributed by atoms with E-state index in [1.165, 1.54) is 0 Å². The third-order valence-electron chi connectivity index (χ3n) is 5.56. The number of carbonyl (C=O) groups is 1. The summed E-state index contributed by atoms with van der Waals surface area (Å²) in [6.45, 7) is 20.5. The lowest BCUT2D eigenvalue weighted by molar-refractivity contribution is -0.0380. The Bertz CT molecular complexity index is 1200. The highest BCUT2D eigenvalue weighted by Gasteiger charge is 2.27. The van der Waals surface area contributed by atoms with Gasteiger partial charge >= 0.3 is 6.09 Å². The van der Waals surface area contributed by atoms with Crippen molar-refractivity contribution in [2.45, 2.75) is 93.1 Å². The molecule has 0 radical (unpaired) electrons. The maximum absolute atomic E-state index is 13.0. The third kappa shape index (κ3) is 7.40. The van der Waals surface area contributed by atoms with Gasteiger partial charge in [-0.1, -0.05) is 39.0 Å². The molecule has 0 bridgehead atoms. The summed E-state index contributed by atoms with van der Waals surface area (Å²) >= 11 is 0. The highest BCUT2D eigenvalue weighted by Crippen LogP contribution is 2.33. The van der Waals surface area contributed by atoms with Crippen LogP contribution in [-0.2, 0) is 27.4 Å². The molecule has 1 aromatic carbocycles. The molecule has 3 rings (SSSR count). The molecule has 0 spiro atoms. The Morgan fingerprint density at radius 2 is 1.72 bits per heavy atom. The zero-order chi connectivity index (χ0) is 26.7. The fraction of sp³-hybridized carbons (Fsp3) is 0.607. The van der Waals surface area contributed by atoms with Crippen LogP contribution in [0.4, 0.5) is 10.6 Å². The Labute approximate surface area is 214 Å². The van der Waals surface area contributed by atoms with E-state index in [2.05, 4.69) is 30.7 Å². The highest BCUT2D eigenvalue weighted by atomic mass is 16.6. The fourth-order valence-corrected chi connectivity index (χ4v) is 3.94. The molecule has 3 aromatic rings. The second-order valence-corrected chi connectivity index (χ2v) is 12.0. The number of nitrogens with one attached hydrogen (secondary N) is 1. The quantitative estimate of drug-likeness (QED) is 0.353. The molecule has 0 aliphatic carbocycles. The van der Waals surface area contributed by atoms with Gasteiger partial charge in [0.2, 0.25) is 0 Å². The summed E-state index contributed by atoms with van der Waals surface area (Å²) in [6.07, 6.45) is -0.00619. The van der Waals surface area contributed by atoms with Crippen molar-refractivity contribution in [3.05, 3.63) is 30.1 Å². The van der Waals surface area contributed by atoms with Crippen molar-refractivity contribution in [1.29, 1.82) is 0 Å². The average molecular weight is 499 g/mol. The van der Waals surface area contributed by atoms with Crippen LogP contribution in [0.15, 0.2) is 24.3 Å². The first-order valence-electron chi connectivity index (χ1n) is 12.7. The zero-order valence-electron chi connectivity index (χ0n) is 23.3. The normalized spacial score (nSPS) is 12.9. The van der Waals surface area contributed by atoms with Crippen LogP contribution >= 0.6 is 0 Å². The minimum absolute atomic E-state index is 0.00460. The summed E-state index contributed by atoms with van der Waals surface area (Å²) in [7, 11) is 0. The molecular formula is C28H42N4O4. The number of ether oxygens (including phenoxy) is 3. The van der Waals surface area contributed by atoms with E-state index in [1.807, 2.05) is 65.8 Å². The van der Waals surface area contributed by atoms with Crippen molar-refractivity contribution in [3.8, 4) is 0 Å². The molecule has 0 saturated heterocycles. The largest absolute Gasteiger partial charge is 0.443 e. The number of amides is 1. The number of imidazole rings is 1. The molecule has 36 heavy (non-hydrogen) atoms. The van der Waals surface area contributed by atoms with Gasteiger partial charge in [0.15, 0.2) is 5.82 Å². The second kappa shape index (κ2) is 10.7. The van der Waals surface area contributed by atoms with E-state index in [-0.39, 0.29) is 11.0 Å². The number of pyridine rings is 1.